The Morgan fingerprint density at radius 3 is 2.61 bits per heavy atom. The molecule has 170 valence electrons. The largest absolute Gasteiger partial charge is 0.467 e. The van der Waals surface area contributed by atoms with E-state index >= 15 is 0 Å². The van der Waals surface area contributed by atoms with E-state index in [4.69, 9.17) is 9.47 Å². The predicted molar refractivity (Wildman–Crippen MR) is 112 cm³/mol. The molecule has 1 amide bonds. The van der Waals surface area contributed by atoms with Crippen LogP contribution in [0.15, 0.2) is 6.33 Å². The van der Waals surface area contributed by atoms with Crippen molar-refractivity contribution in [2.24, 2.45) is 0 Å². The van der Waals surface area contributed by atoms with Crippen molar-refractivity contribution >= 4 is 15.9 Å². The quantitative estimate of drug-likeness (QED) is 0.738. The molecule has 2 saturated carbocycles. The van der Waals surface area contributed by atoms with Gasteiger partial charge in [-0.1, -0.05) is 0 Å². The van der Waals surface area contributed by atoms with Crippen LogP contribution in [0.4, 0.5) is 0 Å². The number of nitrogens with zero attached hydrogens (tertiary/aromatic N) is 3. The zero-order valence-corrected chi connectivity index (χ0v) is 18.6. The number of hydrogen-bond acceptors (Lipinski definition) is 7. The van der Waals surface area contributed by atoms with Crippen molar-refractivity contribution in [3.05, 3.63) is 17.6 Å². The van der Waals surface area contributed by atoms with E-state index in [0.717, 1.165) is 36.9 Å². The fourth-order valence-corrected chi connectivity index (χ4v) is 6.85. The summed E-state index contributed by atoms with van der Waals surface area (Å²) in [5.41, 5.74) is 1.89. The van der Waals surface area contributed by atoms with E-state index in [9.17, 15) is 13.2 Å². The molecule has 0 aromatic carbocycles. The summed E-state index contributed by atoms with van der Waals surface area (Å²) in [5, 5.41) is -0.286. The Morgan fingerprint density at radius 2 is 1.87 bits per heavy atom. The fourth-order valence-electron chi connectivity index (χ4n) is 5.21. The highest BCUT2D eigenvalue weighted by molar-refractivity contribution is 7.90. The van der Waals surface area contributed by atoms with Gasteiger partial charge in [0.1, 0.15) is 6.33 Å². The zero-order chi connectivity index (χ0) is 21.6. The molecule has 3 fully saturated rings. The van der Waals surface area contributed by atoms with Gasteiger partial charge in [-0.25, -0.2) is 23.1 Å². The standard InChI is InChI=1S/C21H30N4O5S/c1-13-20-14-2-4-15(5-3-14)29-10-18-17(24-31(27,28)16-6-7-16)8-9-25(18)19(26)11-30-21(20)23-12-22-13/h12,14-18,24H,2-11H2,1H3. The van der Waals surface area contributed by atoms with Crippen molar-refractivity contribution in [2.75, 3.05) is 19.8 Å². The number of nitrogens with one attached hydrogen (secondary N) is 1. The predicted octanol–water partition coefficient (Wildman–Crippen LogP) is 1.27. The molecule has 31 heavy (non-hydrogen) atoms. The van der Waals surface area contributed by atoms with Gasteiger partial charge in [0.25, 0.3) is 5.91 Å². The monoisotopic (exact) mass is 450 g/mol. The van der Waals surface area contributed by atoms with Crippen LogP contribution in [0.5, 0.6) is 5.88 Å². The SMILES string of the molecule is Cc1ncnc2c1C1CCC(CC1)OCC1C(NS(=O)(=O)C3CC3)CCN1C(=O)CO2. The van der Waals surface area contributed by atoms with Gasteiger partial charge in [0.05, 0.1) is 24.0 Å². The first-order valence-electron chi connectivity index (χ1n) is 11.3. The molecule has 6 rings (SSSR count). The van der Waals surface area contributed by atoms with Gasteiger partial charge in [-0.3, -0.25) is 4.79 Å². The van der Waals surface area contributed by atoms with Gasteiger partial charge in [0, 0.05) is 23.8 Å². The third-order valence-corrected chi connectivity index (χ3v) is 9.09. The molecule has 1 aromatic rings. The maximum absolute atomic E-state index is 13.1. The molecule has 2 aliphatic carbocycles. The number of fused-ring (bicyclic) bond motifs is 5. The Hall–Kier alpha value is -1.78. The summed E-state index contributed by atoms with van der Waals surface area (Å²) in [6.45, 7) is 2.65. The second-order valence-corrected chi connectivity index (χ2v) is 11.2. The molecule has 2 atom stereocenters. The Labute approximate surface area is 183 Å². The van der Waals surface area contributed by atoms with Crippen LogP contribution in [-0.4, -0.2) is 72.4 Å². The maximum atomic E-state index is 13.1. The Morgan fingerprint density at radius 1 is 1.10 bits per heavy atom. The van der Waals surface area contributed by atoms with Gasteiger partial charge in [-0.05, 0) is 57.8 Å². The van der Waals surface area contributed by atoms with Gasteiger partial charge >= 0.3 is 0 Å². The molecule has 1 saturated heterocycles. The van der Waals surface area contributed by atoms with Crippen molar-refractivity contribution in [1.29, 1.82) is 0 Å². The third kappa shape index (κ3) is 4.29. The van der Waals surface area contributed by atoms with Crippen molar-refractivity contribution in [3.8, 4) is 5.88 Å². The number of rotatable bonds is 3. The second-order valence-electron chi connectivity index (χ2n) is 9.19. The van der Waals surface area contributed by atoms with Gasteiger partial charge in [0.2, 0.25) is 15.9 Å². The zero-order valence-electron chi connectivity index (χ0n) is 17.8. The third-order valence-electron chi connectivity index (χ3n) is 7.11. The van der Waals surface area contributed by atoms with E-state index in [0.29, 0.717) is 44.2 Å². The smallest absolute Gasteiger partial charge is 0.260 e. The molecule has 1 N–H and O–H groups in total. The van der Waals surface area contributed by atoms with E-state index in [2.05, 4.69) is 14.7 Å². The van der Waals surface area contributed by atoms with Crippen LogP contribution >= 0.6 is 0 Å². The lowest BCUT2D eigenvalue weighted by Gasteiger charge is -2.32. The Balaban J connectivity index is 1.40. The number of carbonyl (C=O) groups is 1. The topological polar surface area (TPSA) is 111 Å². The number of ether oxygens (including phenoxy) is 2. The van der Waals surface area contributed by atoms with E-state index < -0.39 is 10.0 Å². The van der Waals surface area contributed by atoms with Crippen LogP contribution in [0.25, 0.3) is 0 Å². The number of carbonyl (C=O) groups excluding carboxylic acids is 1. The molecule has 0 radical (unpaired) electrons. The lowest BCUT2D eigenvalue weighted by molar-refractivity contribution is -0.136. The van der Waals surface area contributed by atoms with Gasteiger partial charge in [-0.15, -0.1) is 0 Å². The first kappa shape index (κ1) is 21.1. The summed E-state index contributed by atoms with van der Waals surface area (Å²) in [5.74, 6) is 0.617. The van der Waals surface area contributed by atoms with Crippen molar-refractivity contribution < 1.29 is 22.7 Å². The minimum Gasteiger partial charge on any atom is -0.467 e. The number of hydrogen-bond donors (Lipinski definition) is 1. The molecule has 3 aliphatic heterocycles. The van der Waals surface area contributed by atoms with Crippen LogP contribution < -0.4 is 9.46 Å². The average Bonchev–Trinajstić information content (AvgIpc) is 3.54. The highest BCUT2D eigenvalue weighted by atomic mass is 32.2. The fraction of sp³-hybridized carbons (Fsp3) is 0.762. The van der Waals surface area contributed by atoms with E-state index in [1.54, 1.807) is 4.90 Å². The van der Waals surface area contributed by atoms with Gasteiger partial charge < -0.3 is 14.4 Å². The summed E-state index contributed by atoms with van der Waals surface area (Å²) in [7, 11) is -3.34. The lowest BCUT2D eigenvalue weighted by Crippen LogP contribution is -2.51. The van der Waals surface area contributed by atoms with E-state index in [1.165, 1.54) is 6.33 Å². The van der Waals surface area contributed by atoms with Crippen LogP contribution in [0.2, 0.25) is 0 Å². The molecule has 0 spiro atoms. The first-order chi connectivity index (χ1) is 14.9. The lowest BCUT2D eigenvalue weighted by atomic mass is 9.82. The van der Waals surface area contributed by atoms with E-state index in [1.807, 2.05) is 6.92 Å². The molecule has 2 bridgehead atoms. The second kappa shape index (κ2) is 8.29. The normalized spacial score (nSPS) is 31.8. The van der Waals surface area contributed by atoms with E-state index in [-0.39, 0.29) is 36.0 Å². The molecular formula is C21H30N4O5S. The van der Waals surface area contributed by atoms with Crippen molar-refractivity contribution in [3.63, 3.8) is 0 Å². The average molecular weight is 451 g/mol. The van der Waals surface area contributed by atoms with Crippen LogP contribution in [0.1, 0.15) is 62.1 Å². The van der Waals surface area contributed by atoms with Crippen LogP contribution in [0, 0.1) is 6.92 Å². The number of aryl methyl sites for hydroxylation is 1. The van der Waals surface area contributed by atoms with Gasteiger partial charge in [0.15, 0.2) is 6.61 Å². The number of sulfonamides is 1. The maximum Gasteiger partial charge on any atom is 0.260 e. The molecule has 10 heteroatoms. The van der Waals surface area contributed by atoms with Crippen LogP contribution in [-0.2, 0) is 19.6 Å². The van der Waals surface area contributed by atoms with Gasteiger partial charge in [-0.2, -0.15) is 0 Å². The highest BCUT2D eigenvalue weighted by Gasteiger charge is 2.44. The number of aromatic nitrogens is 2. The number of amides is 1. The summed E-state index contributed by atoms with van der Waals surface area (Å²) in [6.07, 6.45) is 7.33. The summed E-state index contributed by atoms with van der Waals surface area (Å²) >= 11 is 0. The van der Waals surface area contributed by atoms with Crippen molar-refractivity contribution in [2.45, 2.75) is 81.2 Å². The van der Waals surface area contributed by atoms with Crippen molar-refractivity contribution in [1.82, 2.24) is 19.6 Å². The molecule has 1 aromatic heterocycles. The Bertz CT molecular complexity index is 943. The highest BCUT2D eigenvalue weighted by Crippen LogP contribution is 2.39. The first-order valence-corrected chi connectivity index (χ1v) is 12.8. The summed E-state index contributed by atoms with van der Waals surface area (Å²) in [4.78, 5) is 23.5. The minimum atomic E-state index is -3.34. The van der Waals surface area contributed by atoms with Crippen LogP contribution in [0.3, 0.4) is 0 Å². The molecule has 5 aliphatic rings. The summed E-state index contributed by atoms with van der Waals surface area (Å²) < 4.78 is 40.1. The molecule has 9 nitrogen and oxygen atoms in total. The molecular weight excluding hydrogens is 420 g/mol. The molecule has 2 unspecified atom stereocenters. The summed E-state index contributed by atoms with van der Waals surface area (Å²) in [6, 6.07) is -0.650. The molecule has 4 heterocycles. The minimum absolute atomic E-state index is 0.115. The Kier molecular flexibility index (Phi) is 5.64.